The van der Waals surface area contributed by atoms with Gasteiger partial charge in [0.05, 0.1) is 6.61 Å². The van der Waals surface area contributed by atoms with Crippen LogP contribution in [0.25, 0.3) is 0 Å². The van der Waals surface area contributed by atoms with Gasteiger partial charge < -0.3 is 10.5 Å². The summed E-state index contributed by atoms with van der Waals surface area (Å²) in [6.45, 7) is 9.75. The molecule has 0 amide bonds. The molecule has 0 aromatic rings. The third kappa shape index (κ3) is 3.44. The highest BCUT2D eigenvalue weighted by Gasteiger charge is 2.34. The van der Waals surface area contributed by atoms with Crippen molar-refractivity contribution >= 4 is 0 Å². The molecule has 0 aliphatic heterocycles. The molecule has 3 heteroatoms. The van der Waals surface area contributed by atoms with Crippen molar-refractivity contribution in [3.05, 3.63) is 0 Å². The molecule has 16 heavy (non-hydrogen) atoms. The normalized spacial score (nSPS) is 35.6. The van der Waals surface area contributed by atoms with Crippen LogP contribution in [0.5, 0.6) is 0 Å². The van der Waals surface area contributed by atoms with Crippen LogP contribution in [0.1, 0.15) is 33.6 Å². The fraction of sp³-hybridized carbons (Fsp3) is 1.00. The summed E-state index contributed by atoms with van der Waals surface area (Å²) in [7, 11) is 1.76. The van der Waals surface area contributed by atoms with Gasteiger partial charge in [0.1, 0.15) is 0 Å². The summed E-state index contributed by atoms with van der Waals surface area (Å²) in [5, 5.41) is 0. The second-order valence-electron chi connectivity index (χ2n) is 5.33. The van der Waals surface area contributed by atoms with E-state index in [-0.39, 0.29) is 0 Å². The Bertz CT molecular complexity index is 186. The molecule has 4 unspecified atom stereocenters. The zero-order valence-corrected chi connectivity index (χ0v) is 11.3. The van der Waals surface area contributed by atoms with Gasteiger partial charge in [-0.05, 0) is 31.2 Å². The number of hydrogen-bond donors (Lipinski definition) is 1. The average Bonchev–Trinajstić information content (AvgIpc) is 2.21. The quantitative estimate of drug-likeness (QED) is 0.778. The molecular weight excluding hydrogens is 200 g/mol. The topological polar surface area (TPSA) is 38.5 Å². The summed E-state index contributed by atoms with van der Waals surface area (Å²) < 4.78 is 5.17. The van der Waals surface area contributed by atoms with Gasteiger partial charge in [0, 0.05) is 25.7 Å². The summed E-state index contributed by atoms with van der Waals surface area (Å²) in [5.41, 5.74) is 6.33. The number of nitrogens with zero attached hydrogens (tertiary/aromatic N) is 1. The van der Waals surface area contributed by atoms with Crippen LogP contribution in [-0.4, -0.2) is 43.8 Å². The lowest BCUT2D eigenvalue weighted by Gasteiger charge is -2.44. The molecule has 1 rings (SSSR count). The van der Waals surface area contributed by atoms with Gasteiger partial charge in [-0.15, -0.1) is 0 Å². The Morgan fingerprint density at radius 3 is 2.50 bits per heavy atom. The van der Waals surface area contributed by atoms with Crippen LogP contribution in [-0.2, 0) is 4.74 Å². The molecule has 96 valence electrons. The molecule has 1 aliphatic rings. The van der Waals surface area contributed by atoms with Crippen molar-refractivity contribution in [2.75, 3.05) is 26.8 Å². The zero-order valence-electron chi connectivity index (χ0n) is 11.3. The van der Waals surface area contributed by atoms with Crippen LogP contribution >= 0.6 is 0 Å². The Kier molecular flexibility index (Phi) is 5.73. The van der Waals surface area contributed by atoms with Crippen LogP contribution in [0.15, 0.2) is 0 Å². The predicted molar refractivity (Wildman–Crippen MR) is 68.4 cm³/mol. The number of methoxy groups -OCH3 is 1. The minimum absolute atomic E-state index is 0.329. The van der Waals surface area contributed by atoms with Crippen LogP contribution < -0.4 is 5.73 Å². The van der Waals surface area contributed by atoms with E-state index in [4.69, 9.17) is 10.5 Å². The molecule has 1 fully saturated rings. The van der Waals surface area contributed by atoms with E-state index in [0.717, 1.165) is 25.6 Å². The van der Waals surface area contributed by atoms with E-state index in [9.17, 15) is 0 Å². The van der Waals surface area contributed by atoms with Crippen molar-refractivity contribution in [2.24, 2.45) is 17.6 Å². The molecule has 2 N–H and O–H groups in total. The molecule has 0 aromatic heterocycles. The first-order chi connectivity index (χ1) is 7.60. The SMILES string of the molecule is CCN(CCOC)C1C(C)CC(C)CC1N. The Hall–Kier alpha value is -0.120. The third-order valence-corrected chi connectivity index (χ3v) is 3.88. The summed E-state index contributed by atoms with van der Waals surface area (Å²) in [6, 6.07) is 0.868. The molecule has 1 saturated carbocycles. The van der Waals surface area contributed by atoms with Crippen LogP contribution in [0.2, 0.25) is 0 Å². The maximum atomic E-state index is 6.33. The Morgan fingerprint density at radius 1 is 1.31 bits per heavy atom. The van der Waals surface area contributed by atoms with Crippen LogP contribution in [0.3, 0.4) is 0 Å². The maximum Gasteiger partial charge on any atom is 0.0589 e. The van der Waals surface area contributed by atoms with Gasteiger partial charge >= 0.3 is 0 Å². The minimum atomic E-state index is 0.329. The van der Waals surface area contributed by atoms with Crippen molar-refractivity contribution in [2.45, 2.75) is 45.7 Å². The van der Waals surface area contributed by atoms with Gasteiger partial charge in [-0.25, -0.2) is 0 Å². The highest BCUT2D eigenvalue weighted by molar-refractivity contribution is 4.91. The van der Waals surface area contributed by atoms with Crippen molar-refractivity contribution in [3.63, 3.8) is 0 Å². The molecule has 0 aromatic carbocycles. The van der Waals surface area contributed by atoms with Gasteiger partial charge in [-0.2, -0.15) is 0 Å². The first kappa shape index (κ1) is 13.9. The number of rotatable bonds is 5. The molecule has 1 aliphatic carbocycles. The molecule has 0 bridgehead atoms. The number of hydrogen-bond acceptors (Lipinski definition) is 3. The molecule has 0 radical (unpaired) electrons. The molecule has 4 atom stereocenters. The van der Waals surface area contributed by atoms with Gasteiger partial charge in [-0.1, -0.05) is 20.8 Å². The van der Waals surface area contributed by atoms with E-state index >= 15 is 0 Å². The zero-order chi connectivity index (χ0) is 12.1. The second-order valence-corrected chi connectivity index (χ2v) is 5.33. The lowest BCUT2D eigenvalue weighted by Crippen LogP contribution is -2.55. The van der Waals surface area contributed by atoms with Gasteiger partial charge in [-0.3, -0.25) is 4.90 Å². The van der Waals surface area contributed by atoms with E-state index in [2.05, 4.69) is 25.7 Å². The Balaban J connectivity index is 2.59. The minimum Gasteiger partial charge on any atom is -0.383 e. The van der Waals surface area contributed by atoms with Crippen LogP contribution in [0, 0.1) is 11.8 Å². The summed E-state index contributed by atoms with van der Waals surface area (Å²) in [4.78, 5) is 2.49. The van der Waals surface area contributed by atoms with E-state index in [1.807, 2.05) is 0 Å². The first-order valence-corrected chi connectivity index (χ1v) is 6.58. The highest BCUT2D eigenvalue weighted by Crippen LogP contribution is 2.31. The van der Waals surface area contributed by atoms with E-state index in [1.165, 1.54) is 12.8 Å². The molecular formula is C13H28N2O. The highest BCUT2D eigenvalue weighted by atomic mass is 16.5. The lowest BCUT2D eigenvalue weighted by atomic mass is 9.76. The van der Waals surface area contributed by atoms with Crippen LogP contribution in [0.4, 0.5) is 0 Å². The third-order valence-electron chi connectivity index (χ3n) is 3.88. The monoisotopic (exact) mass is 228 g/mol. The summed E-state index contributed by atoms with van der Waals surface area (Å²) in [5.74, 6) is 1.48. The number of likely N-dealkylation sites (N-methyl/N-ethyl adjacent to an activating group) is 1. The number of nitrogens with two attached hydrogens (primary N) is 1. The van der Waals surface area contributed by atoms with E-state index in [0.29, 0.717) is 18.0 Å². The van der Waals surface area contributed by atoms with Gasteiger partial charge in [0.25, 0.3) is 0 Å². The van der Waals surface area contributed by atoms with Gasteiger partial charge in [0.2, 0.25) is 0 Å². The van der Waals surface area contributed by atoms with Gasteiger partial charge in [0.15, 0.2) is 0 Å². The predicted octanol–water partition coefficient (Wildman–Crippen LogP) is 1.72. The van der Waals surface area contributed by atoms with E-state index < -0.39 is 0 Å². The molecule has 0 saturated heterocycles. The van der Waals surface area contributed by atoms with Crippen molar-refractivity contribution in [1.82, 2.24) is 4.90 Å². The molecule has 0 spiro atoms. The van der Waals surface area contributed by atoms with Crippen molar-refractivity contribution in [3.8, 4) is 0 Å². The summed E-state index contributed by atoms with van der Waals surface area (Å²) >= 11 is 0. The Labute approximate surface area is 100 Å². The standard InChI is InChI=1S/C13H28N2O/c1-5-15(6-7-16-4)13-11(3)8-10(2)9-12(13)14/h10-13H,5-9,14H2,1-4H3. The fourth-order valence-electron chi connectivity index (χ4n) is 3.25. The first-order valence-electron chi connectivity index (χ1n) is 6.58. The maximum absolute atomic E-state index is 6.33. The fourth-order valence-corrected chi connectivity index (χ4v) is 3.25. The molecule has 0 heterocycles. The van der Waals surface area contributed by atoms with E-state index in [1.54, 1.807) is 7.11 Å². The largest absolute Gasteiger partial charge is 0.383 e. The smallest absolute Gasteiger partial charge is 0.0589 e. The second kappa shape index (κ2) is 6.58. The molecule has 3 nitrogen and oxygen atoms in total. The average molecular weight is 228 g/mol. The number of ether oxygens (including phenoxy) is 1. The van der Waals surface area contributed by atoms with Crippen molar-refractivity contribution < 1.29 is 4.74 Å². The van der Waals surface area contributed by atoms with Crippen molar-refractivity contribution in [1.29, 1.82) is 0 Å². The Morgan fingerprint density at radius 2 is 2.00 bits per heavy atom. The lowest BCUT2D eigenvalue weighted by molar-refractivity contribution is 0.0558. The summed E-state index contributed by atoms with van der Waals surface area (Å²) in [6.07, 6.45) is 2.47.